The normalized spacial score (nSPS) is 10.8. The van der Waals surface area contributed by atoms with E-state index in [1.165, 1.54) is 23.1 Å². The number of halogens is 2. The van der Waals surface area contributed by atoms with Gasteiger partial charge in [0.25, 0.3) is 0 Å². The molecule has 1 N–H and O–H groups in total. The Morgan fingerprint density at radius 2 is 2.15 bits per heavy atom. The van der Waals surface area contributed by atoms with E-state index in [2.05, 4.69) is 15.9 Å². The Balaban J connectivity index is 2.58. The van der Waals surface area contributed by atoms with Crippen LogP contribution in [0.25, 0.3) is 6.08 Å². The van der Waals surface area contributed by atoms with Gasteiger partial charge in [-0.05, 0) is 30.7 Å². The molecule has 0 unspecified atom stereocenters. The second kappa shape index (κ2) is 7.79. The molecule has 0 saturated heterocycles. The van der Waals surface area contributed by atoms with E-state index in [1.54, 1.807) is 19.2 Å². The molecule has 1 amide bonds. The summed E-state index contributed by atoms with van der Waals surface area (Å²) >= 11 is 3.23. The molecule has 0 fully saturated rings. The van der Waals surface area contributed by atoms with Gasteiger partial charge in [0.1, 0.15) is 5.82 Å². The Kier molecular flexibility index (Phi) is 6.38. The average Bonchev–Trinajstić information content (AvgIpc) is 2.38. The van der Waals surface area contributed by atoms with Gasteiger partial charge in [-0.25, -0.2) is 4.39 Å². The topological polar surface area (TPSA) is 57.6 Å². The number of aliphatic carboxylic acids is 1. The molecular formula is C14H15BrFNO3. The Hall–Kier alpha value is -1.69. The minimum atomic E-state index is -0.891. The summed E-state index contributed by atoms with van der Waals surface area (Å²) in [6.45, 7) is 0.344. The molecule has 0 spiro atoms. The second-order valence-corrected chi connectivity index (χ2v) is 5.17. The number of carboxylic acids is 1. The van der Waals surface area contributed by atoms with Crippen molar-refractivity contribution in [3.05, 3.63) is 40.1 Å². The highest BCUT2D eigenvalue weighted by Gasteiger charge is 2.06. The van der Waals surface area contributed by atoms with Crippen molar-refractivity contribution in [3.63, 3.8) is 0 Å². The molecule has 0 saturated carbocycles. The van der Waals surface area contributed by atoms with E-state index in [0.29, 0.717) is 18.5 Å². The maximum absolute atomic E-state index is 13.5. The summed E-state index contributed by atoms with van der Waals surface area (Å²) in [5, 5.41) is 8.51. The molecule has 4 nitrogen and oxygen atoms in total. The smallest absolute Gasteiger partial charge is 0.303 e. The summed E-state index contributed by atoms with van der Waals surface area (Å²) < 4.78 is 14.2. The first-order chi connectivity index (χ1) is 9.40. The summed E-state index contributed by atoms with van der Waals surface area (Å²) in [4.78, 5) is 23.5. The molecule has 0 aliphatic heterocycles. The van der Waals surface area contributed by atoms with Gasteiger partial charge in [-0.2, -0.15) is 0 Å². The zero-order chi connectivity index (χ0) is 15.1. The highest BCUT2D eigenvalue weighted by molar-refractivity contribution is 9.10. The molecule has 1 aromatic rings. The van der Waals surface area contributed by atoms with Crippen molar-refractivity contribution in [1.29, 1.82) is 0 Å². The van der Waals surface area contributed by atoms with E-state index in [0.717, 1.165) is 4.47 Å². The van der Waals surface area contributed by atoms with Crippen molar-refractivity contribution in [3.8, 4) is 0 Å². The van der Waals surface area contributed by atoms with Crippen LogP contribution in [-0.4, -0.2) is 35.5 Å². The van der Waals surface area contributed by atoms with Crippen molar-refractivity contribution in [2.24, 2.45) is 0 Å². The second-order valence-electron chi connectivity index (χ2n) is 4.26. The Bertz CT molecular complexity index is 531. The van der Waals surface area contributed by atoms with Crippen LogP contribution in [0.3, 0.4) is 0 Å². The van der Waals surface area contributed by atoms with Crippen LogP contribution >= 0.6 is 15.9 Å². The summed E-state index contributed by atoms with van der Waals surface area (Å²) in [6.07, 6.45) is 3.07. The maximum atomic E-state index is 13.5. The Morgan fingerprint density at radius 3 is 2.80 bits per heavy atom. The van der Waals surface area contributed by atoms with Crippen LogP contribution in [-0.2, 0) is 9.59 Å². The molecule has 20 heavy (non-hydrogen) atoms. The molecule has 0 heterocycles. The summed E-state index contributed by atoms with van der Waals surface area (Å²) in [6, 6.07) is 4.46. The third-order valence-electron chi connectivity index (χ3n) is 2.62. The van der Waals surface area contributed by atoms with E-state index in [-0.39, 0.29) is 12.3 Å². The zero-order valence-corrected chi connectivity index (χ0v) is 12.6. The van der Waals surface area contributed by atoms with Crippen LogP contribution in [0.1, 0.15) is 18.4 Å². The lowest BCUT2D eigenvalue weighted by Gasteiger charge is -2.14. The molecule has 0 atom stereocenters. The average molecular weight is 344 g/mol. The van der Waals surface area contributed by atoms with Crippen molar-refractivity contribution in [1.82, 2.24) is 4.90 Å². The monoisotopic (exact) mass is 343 g/mol. The number of hydrogen-bond acceptors (Lipinski definition) is 2. The van der Waals surface area contributed by atoms with E-state index >= 15 is 0 Å². The van der Waals surface area contributed by atoms with Gasteiger partial charge in [-0.3, -0.25) is 9.59 Å². The van der Waals surface area contributed by atoms with Crippen LogP contribution in [0.5, 0.6) is 0 Å². The summed E-state index contributed by atoms with van der Waals surface area (Å²) in [5.41, 5.74) is 0.312. The Labute approximate surface area is 125 Å². The molecule has 0 aliphatic rings. The van der Waals surface area contributed by atoms with Gasteiger partial charge >= 0.3 is 5.97 Å². The fraction of sp³-hybridized carbons (Fsp3) is 0.286. The van der Waals surface area contributed by atoms with Crippen LogP contribution in [0.2, 0.25) is 0 Å². The van der Waals surface area contributed by atoms with Crippen molar-refractivity contribution >= 4 is 33.9 Å². The minimum Gasteiger partial charge on any atom is -0.481 e. The van der Waals surface area contributed by atoms with Gasteiger partial charge in [0, 0.05) is 36.1 Å². The predicted molar refractivity (Wildman–Crippen MR) is 77.6 cm³/mol. The highest BCUT2D eigenvalue weighted by Crippen LogP contribution is 2.16. The molecule has 1 aromatic carbocycles. The number of nitrogens with zero attached hydrogens (tertiary/aromatic N) is 1. The number of rotatable bonds is 6. The fourth-order valence-corrected chi connectivity index (χ4v) is 1.89. The summed E-state index contributed by atoms with van der Waals surface area (Å²) in [7, 11) is 1.58. The standard InChI is InChI=1S/C14H15BrFNO3/c1-17(8-2-3-14(19)20)13(18)7-4-10-9-11(15)5-6-12(10)16/h4-7,9H,2-3,8H2,1H3,(H,19,20)/b7-4+. The van der Waals surface area contributed by atoms with Gasteiger partial charge in [0.05, 0.1) is 0 Å². The highest BCUT2D eigenvalue weighted by atomic mass is 79.9. The largest absolute Gasteiger partial charge is 0.481 e. The summed E-state index contributed by atoms with van der Waals surface area (Å²) in [5.74, 6) is -1.60. The Morgan fingerprint density at radius 1 is 1.45 bits per heavy atom. The van der Waals surface area contributed by atoms with Crippen LogP contribution in [0.4, 0.5) is 4.39 Å². The number of carboxylic acid groups (broad SMARTS) is 1. The van der Waals surface area contributed by atoms with Gasteiger partial charge in [-0.1, -0.05) is 15.9 Å². The lowest BCUT2D eigenvalue weighted by Crippen LogP contribution is -2.26. The van der Waals surface area contributed by atoms with Crippen LogP contribution in [0.15, 0.2) is 28.7 Å². The number of carbonyl (C=O) groups excluding carboxylic acids is 1. The van der Waals surface area contributed by atoms with Gasteiger partial charge in [0.2, 0.25) is 5.91 Å². The molecule has 0 radical (unpaired) electrons. The maximum Gasteiger partial charge on any atom is 0.303 e. The third kappa shape index (κ3) is 5.52. The molecule has 0 aliphatic carbocycles. The van der Waals surface area contributed by atoms with Crippen molar-refractivity contribution in [2.75, 3.05) is 13.6 Å². The number of carbonyl (C=O) groups is 2. The van der Waals surface area contributed by atoms with Crippen LogP contribution in [0, 0.1) is 5.82 Å². The number of benzene rings is 1. The van der Waals surface area contributed by atoms with E-state index in [1.807, 2.05) is 0 Å². The van der Waals surface area contributed by atoms with Gasteiger partial charge < -0.3 is 10.0 Å². The van der Waals surface area contributed by atoms with Crippen LogP contribution < -0.4 is 0 Å². The zero-order valence-electron chi connectivity index (χ0n) is 11.0. The third-order valence-corrected chi connectivity index (χ3v) is 3.12. The molecule has 1 rings (SSSR count). The first-order valence-electron chi connectivity index (χ1n) is 6.00. The quantitative estimate of drug-likeness (QED) is 0.808. The molecule has 0 aromatic heterocycles. The first-order valence-corrected chi connectivity index (χ1v) is 6.79. The molecule has 108 valence electrons. The lowest BCUT2D eigenvalue weighted by molar-refractivity contribution is -0.137. The molecule has 6 heteroatoms. The number of amides is 1. The SMILES string of the molecule is CN(CCCC(=O)O)C(=O)/C=C/c1cc(Br)ccc1F. The lowest BCUT2D eigenvalue weighted by atomic mass is 10.2. The fourth-order valence-electron chi connectivity index (χ4n) is 1.51. The van der Waals surface area contributed by atoms with Gasteiger partial charge in [-0.15, -0.1) is 0 Å². The number of likely N-dealkylation sites (N-methyl/N-ethyl adjacent to an activating group) is 1. The van der Waals surface area contributed by atoms with Crippen molar-refractivity contribution < 1.29 is 19.1 Å². The van der Waals surface area contributed by atoms with E-state index < -0.39 is 11.8 Å². The predicted octanol–water partition coefficient (Wildman–Crippen LogP) is 2.92. The number of hydrogen-bond donors (Lipinski definition) is 1. The van der Waals surface area contributed by atoms with E-state index in [4.69, 9.17) is 5.11 Å². The first kappa shape index (κ1) is 16.4. The molecule has 0 bridgehead atoms. The van der Waals surface area contributed by atoms with Crippen molar-refractivity contribution in [2.45, 2.75) is 12.8 Å². The minimum absolute atomic E-state index is 0.0155. The molecular weight excluding hydrogens is 329 g/mol. The van der Waals surface area contributed by atoms with E-state index in [9.17, 15) is 14.0 Å². The van der Waals surface area contributed by atoms with Gasteiger partial charge in [0.15, 0.2) is 0 Å².